The molecule has 1 fully saturated rings. The van der Waals surface area contributed by atoms with E-state index >= 15 is 0 Å². The van der Waals surface area contributed by atoms with Crippen LogP contribution >= 0.6 is 15.9 Å². The first-order chi connectivity index (χ1) is 8.66. The van der Waals surface area contributed by atoms with Crippen LogP contribution in [0.25, 0.3) is 11.0 Å². The number of fused-ring (bicyclic) bond motifs is 1. The third-order valence-electron chi connectivity index (χ3n) is 3.79. The van der Waals surface area contributed by atoms with Crippen LogP contribution in [0.2, 0.25) is 0 Å². The van der Waals surface area contributed by atoms with E-state index in [9.17, 15) is 0 Å². The molecule has 0 N–H and O–H groups in total. The lowest BCUT2D eigenvalue weighted by Gasteiger charge is -2.35. The monoisotopic (exact) mass is 308 g/mol. The Hall–Kier alpha value is -1.10. The van der Waals surface area contributed by atoms with Gasteiger partial charge in [0.1, 0.15) is 5.52 Å². The summed E-state index contributed by atoms with van der Waals surface area (Å²) in [6.45, 7) is 4.36. The van der Waals surface area contributed by atoms with E-state index in [1.54, 1.807) is 0 Å². The molecule has 1 aliphatic rings. The Morgan fingerprint density at radius 3 is 3.00 bits per heavy atom. The number of imidazole rings is 1. The number of nitrogens with zero attached hydrogens (tertiary/aromatic N) is 4. The zero-order valence-corrected chi connectivity index (χ0v) is 12.3. The van der Waals surface area contributed by atoms with Crippen molar-refractivity contribution in [2.45, 2.75) is 18.2 Å². The third-order valence-corrected chi connectivity index (χ3v) is 4.98. The molecule has 1 saturated heterocycles. The highest BCUT2D eigenvalue weighted by molar-refractivity contribution is 9.09. The van der Waals surface area contributed by atoms with Gasteiger partial charge in [-0.1, -0.05) is 22.9 Å². The molecule has 2 aromatic rings. The van der Waals surface area contributed by atoms with Crippen LogP contribution < -0.4 is 4.90 Å². The van der Waals surface area contributed by atoms with Crippen molar-refractivity contribution in [3.05, 3.63) is 18.6 Å². The van der Waals surface area contributed by atoms with Gasteiger partial charge in [0.2, 0.25) is 0 Å². The quantitative estimate of drug-likeness (QED) is 0.759. The Morgan fingerprint density at radius 1 is 1.39 bits per heavy atom. The molecule has 0 saturated carbocycles. The SMILES string of the molecule is CC1CCN(c2nccc3c2ncn3C)CC1Br. The van der Waals surface area contributed by atoms with Gasteiger partial charge in [-0.25, -0.2) is 9.97 Å². The molecule has 2 aromatic heterocycles. The molecule has 0 bridgehead atoms. The Bertz CT molecular complexity index is 565. The number of hydrogen-bond acceptors (Lipinski definition) is 3. The van der Waals surface area contributed by atoms with Crippen molar-refractivity contribution in [3.8, 4) is 0 Å². The standard InChI is InChI=1S/C13H17BrN4/c1-9-4-6-18(7-10(9)14)13-12-11(3-5-15-13)17(2)8-16-12/h3,5,8-10H,4,6-7H2,1-2H3. The van der Waals surface area contributed by atoms with Crippen LogP contribution in [0.5, 0.6) is 0 Å². The van der Waals surface area contributed by atoms with Gasteiger partial charge in [-0.05, 0) is 18.4 Å². The van der Waals surface area contributed by atoms with E-state index in [0.717, 1.165) is 35.9 Å². The summed E-state index contributed by atoms with van der Waals surface area (Å²) >= 11 is 3.77. The van der Waals surface area contributed by atoms with E-state index in [1.807, 2.05) is 30.2 Å². The zero-order chi connectivity index (χ0) is 12.7. The lowest BCUT2D eigenvalue weighted by Crippen LogP contribution is -2.40. The number of rotatable bonds is 1. The average molecular weight is 309 g/mol. The van der Waals surface area contributed by atoms with E-state index < -0.39 is 0 Å². The van der Waals surface area contributed by atoms with E-state index in [0.29, 0.717) is 4.83 Å². The number of aryl methyl sites for hydroxylation is 1. The van der Waals surface area contributed by atoms with E-state index in [1.165, 1.54) is 6.42 Å². The van der Waals surface area contributed by atoms with Crippen molar-refractivity contribution in [3.63, 3.8) is 0 Å². The molecule has 4 nitrogen and oxygen atoms in total. The molecule has 96 valence electrons. The van der Waals surface area contributed by atoms with Gasteiger partial charge >= 0.3 is 0 Å². The first-order valence-corrected chi connectivity index (χ1v) is 7.23. The summed E-state index contributed by atoms with van der Waals surface area (Å²) in [6.07, 6.45) is 4.93. The van der Waals surface area contributed by atoms with Gasteiger partial charge in [-0.2, -0.15) is 0 Å². The summed E-state index contributed by atoms with van der Waals surface area (Å²) in [5.41, 5.74) is 2.15. The number of anilines is 1. The minimum atomic E-state index is 0.534. The Kier molecular flexibility index (Phi) is 3.01. The number of hydrogen-bond donors (Lipinski definition) is 0. The van der Waals surface area contributed by atoms with Gasteiger partial charge in [-0.3, -0.25) is 0 Å². The smallest absolute Gasteiger partial charge is 0.156 e. The highest BCUT2D eigenvalue weighted by Gasteiger charge is 2.26. The van der Waals surface area contributed by atoms with Gasteiger partial charge in [0.15, 0.2) is 5.82 Å². The number of pyridine rings is 1. The van der Waals surface area contributed by atoms with Crippen LogP contribution in [-0.2, 0) is 7.05 Å². The summed E-state index contributed by atoms with van der Waals surface area (Å²) in [4.78, 5) is 11.9. The minimum absolute atomic E-state index is 0.534. The van der Waals surface area contributed by atoms with Gasteiger partial charge in [0.05, 0.1) is 11.8 Å². The lowest BCUT2D eigenvalue weighted by molar-refractivity contribution is 0.455. The second-order valence-electron chi connectivity index (χ2n) is 5.09. The van der Waals surface area contributed by atoms with Gasteiger partial charge in [0, 0.05) is 31.2 Å². The molecule has 3 heterocycles. The van der Waals surface area contributed by atoms with E-state index in [-0.39, 0.29) is 0 Å². The van der Waals surface area contributed by atoms with Crippen molar-refractivity contribution in [2.75, 3.05) is 18.0 Å². The highest BCUT2D eigenvalue weighted by Crippen LogP contribution is 2.29. The maximum atomic E-state index is 4.53. The number of alkyl halides is 1. The van der Waals surface area contributed by atoms with Crippen LogP contribution in [0.4, 0.5) is 5.82 Å². The van der Waals surface area contributed by atoms with Crippen molar-refractivity contribution < 1.29 is 0 Å². The van der Waals surface area contributed by atoms with Crippen molar-refractivity contribution in [1.29, 1.82) is 0 Å². The second kappa shape index (κ2) is 4.53. The highest BCUT2D eigenvalue weighted by atomic mass is 79.9. The molecule has 1 aliphatic heterocycles. The molecular weight excluding hydrogens is 292 g/mol. The number of piperidine rings is 1. The minimum Gasteiger partial charge on any atom is -0.354 e. The number of aromatic nitrogens is 3. The normalized spacial score (nSPS) is 24.7. The predicted molar refractivity (Wildman–Crippen MR) is 77.2 cm³/mol. The van der Waals surface area contributed by atoms with Gasteiger partial charge in [-0.15, -0.1) is 0 Å². The van der Waals surface area contributed by atoms with E-state index in [2.05, 4.69) is 37.7 Å². The fourth-order valence-electron chi connectivity index (χ4n) is 2.49. The summed E-state index contributed by atoms with van der Waals surface area (Å²) in [5.74, 6) is 1.74. The average Bonchev–Trinajstić information content (AvgIpc) is 2.75. The van der Waals surface area contributed by atoms with Crippen molar-refractivity contribution in [1.82, 2.24) is 14.5 Å². The van der Waals surface area contributed by atoms with Crippen LogP contribution in [-0.4, -0.2) is 32.5 Å². The molecule has 0 amide bonds. The summed E-state index contributed by atoms with van der Waals surface area (Å²) in [6, 6.07) is 2.02. The molecule has 0 radical (unpaired) electrons. The predicted octanol–water partition coefficient (Wildman–Crippen LogP) is 2.58. The molecule has 3 rings (SSSR count). The number of halogens is 1. The molecule has 5 heteroatoms. The van der Waals surface area contributed by atoms with Crippen molar-refractivity contribution in [2.24, 2.45) is 13.0 Å². The second-order valence-corrected chi connectivity index (χ2v) is 6.26. The van der Waals surface area contributed by atoms with Crippen LogP contribution in [0, 0.1) is 5.92 Å². The molecule has 18 heavy (non-hydrogen) atoms. The van der Waals surface area contributed by atoms with Gasteiger partial charge < -0.3 is 9.47 Å². The fraction of sp³-hybridized carbons (Fsp3) is 0.538. The maximum Gasteiger partial charge on any atom is 0.156 e. The lowest BCUT2D eigenvalue weighted by atomic mass is 9.99. The molecule has 2 atom stereocenters. The largest absolute Gasteiger partial charge is 0.354 e. The molecule has 0 spiro atoms. The van der Waals surface area contributed by atoms with Crippen LogP contribution in [0.3, 0.4) is 0 Å². The topological polar surface area (TPSA) is 34.0 Å². The Labute approximate surface area is 115 Å². The van der Waals surface area contributed by atoms with Crippen molar-refractivity contribution >= 4 is 32.8 Å². The maximum absolute atomic E-state index is 4.53. The summed E-state index contributed by atoms with van der Waals surface area (Å²) in [5, 5.41) is 0. The molecule has 0 aliphatic carbocycles. The zero-order valence-electron chi connectivity index (χ0n) is 10.7. The Balaban J connectivity index is 1.99. The van der Waals surface area contributed by atoms with E-state index in [4.69, 9.17) is 0 Å². The molecule has 2 unspecified atom stereocenters. The Morgan fingerprint density at radius 2 is 2.22 bits per heavy atom. The summed E-state index contributed by atoms with van der Waals surface area (Å²) in [7, 11) is 2.02. The van der Waals surface area contributed by atoms with Gasteiger partial charge in [0.25, 0.3) is 0 Å². The molecular formula is C13H17BrN4. The third kappa shape index (κ3) is 1.90. The van der Waals surface area contributed by atoms with Crippen LogP contribution in [0.1, 0.15) is 13.3 Å². The first-order valence-electron chi connectivity index (χ1n) is 6.32. The summed E-state index contributed by atoms with van der Waals surface area (Å²) < 4.78 is 2.04. The first kappa shape index (κ1) is 12.0. The van der Waals surface area contributed by atoms with Crippen LogP contribution in [0.15, 0.2) is 18.6 Å². The molecule has 0 aromatic carbocycles. The fourth-order valence-corrected chi connectivity index (χ4v) is 3.11.